The minimum atomic E-state index is 0.370. The second-order valence-corrected chi connectivity index (χ2v) is 3.36. The lowest BCUT2D eigenvalue weighted by molar-refractivity contribution is 1.05. The van der Waals surface area contributed by atoms with Crippen molar-refractivity contribution in [3.63, 3.8) is 0 Å². The van der Waals surface area contributed by atoms with Crippen molar-refractivity contribution < 1.29 is 0 Å². The van der Waals surface area contributed by atoms with Crippen molar-refractivity contribution in [2.24, 2.45) is 11.8 Å². The van der Waals surface area contributed by atoms with Crippen molar-refractivity contribution in [2.45, 2.75) is 0 Å². The molecular weight excluding hydrogens is 168 g/mol. The molecule has 2 rings (SSSR count). The SMILES string of the molecule is [C+](=CC=CC1C=CC=C1)C1C=CC=C1. The van der Waals surface area contributed by atoms with E-state index in [9.17, 15) is 0 Å². The Bertz CT molecular complexity index is 288. The van der Waals surface area contributed by atoms with Gasteiger partial charge in [-0.2, -0.15) is 0 Å². The first kappa shape index (κ1) is 8.93. The molecule has 0 nitrogen and oxygen atoms in total. The zero-order valence-corrected chi connectivity index (χ0v) is 8.01. The first-order chi connectivity index (χ1) is 6.95. The number of hydrogen-bond acceptors (Lipinski definition) is 0. The van der Waals surface area contributed by atoms with Gasteiger partial charge in [0, 0.05) is 12.0 Å². The van der Waals surface area contributed by atoms with Crippen LogP contribution in [0.3, 0.4) is 0 Å². The van der Waals surface area contributed by atoms with Gasteiger partial charge in [-0.3, -0.25) is 0 Å². The molecule has 0 heteroatoms. The summed E-state index contributed by atoms with van der Waals surface area (Å²) in [5.74, 6) is 0.844. The van der Waals surface area contributed by atoms with Crippen LogP contribution in [0.4, 0.5) is 0 Å². The van der Waals surface area contributed by atoms with Gasteiger partial charge in [-0.1, -0.05) is 36.5 Å². The van der Waals surface area contributed by atoms with Crippen LogP contribution in [0.2, 0.25) is 0 Å². The number of allylic oxidation sites excluding steroid dienone is 12. The van der Waals surface area contributed by atoms with E-state index in [1.807, 2.05) is 6.08 Å². The van der Waals surface area contributed by atoms with Gasteiger partial charge in [-0.15, -0.1) is 0 Å². The third kappa shape index (κ3) is 2.42. The van der Waals surface area contributed by atoms with Gasteiger partial charge in [-0.05, 0) is 12.2 Å². The molecule has 2 aliphatic rings. The average molecular weight is 181 g/mol. The third-order valence-electron chi connectivity index (χ3n) is 2.24. The van der Waals surface area contributed by atoms with Crippen LogP contribution >= 0.6 is 0 Å². The third-order valence-corrected chi connectivity index (χ3v) is 2.24. The number of hydrogen-bond donors (Lipinski definition) is 0. The molecule has 0 fully saturated rings. The first-order valence-electron chi connectivity index (χ1n) is 4.91. The Morgan fingerprint density at radius 1 is 0.857 bits per heavy atom. The summed E-state index contributed by atoms with van der Waals surface area (Å²) in [6.45, 7) is 0. The Balaban J connectivity index is 1.81. The summed E-state index contributed by atoms with van der Waals surface area (Å²) in [7, 11) is 0. The lowest BCUT2D eigenvalue weighted by atomic mass is 10.1. The van der Waals surface area contributed by atoms with Gasteiger partial charge in [0.2, 0.25) is 0 Å². The predicted octanol–water partition coefficient (Wildman–Crippen LogP) is 3.39. The Morgan fingerprint density at radius 3 is 2.21 bits per heavy atom. The van der Waals surface area contributed by atoms with Crippen LogP contribution in [0.5, 0.6) is 0 Å². The molecule has 0 amide bonds. The van der Waals surface area contributed by atoms with E-state index < -0.39 is 0 Å². The van der Waals surface area contributed by atoms with Gasteiger partial charge >= 0.3 is 0 Å². The Morgan fingerprint density at radius 2 is 1.50 bits per heavy atom. The normalized spacial score (nSPS) is 20.9. The van der Waals surface area contributed by atoms with Gasteiger partial charge in [0.05, 0.1) is 12.2 Å². The monoisotopic (exact) mass is 181 g/mol. The fourth-order valence-corrected chi connectivity index (χ4v) is 1.47. The topological polar surface area (TPSA) is 0 Å². The summed E-state index contributed by atoms with van der Waals surface area (Å²) >= 11 is 0. The quantitative estimate of drug-likeness (QED) is 0.462. The van der Waals surface area contributed by atoms with Crippen molar-refractivity contribution >= 4 is 0 Å². The molecular formula is C14H13+. The lowest BCUT2D eigenvalue weighted by Crippen LogP contribution is -1.81. The van der Waals surface area contributed by atoms with E-state index in [1.54, 1.807) is 0 Å². The van der Waals surface area contributed by atoms with Crippen LogP contribution < -0.4 is 0 Å². The molecule has 14 heavy (non-hydrogen) atoms. The van der Waals surface area contributed by atoms with Crippen LogP contribution in [0.1, 0.15) is 0 Å². The van der Waals surface area contributed by atoms with E-state index >= 15 is 0 Å². The molecule has 0 aromatic rings. The van der Waals surface area contributed by atoms with E-state index in [0.717, 1.165) is 0 Å². The molecule has 2 aliphatic carbocycles. The molecule has 0 unspecified atom stereocenters. The molecule has 0 aromatic carbocycles. The van der Waals surface area contributed by atoms with Crippen molar-refractivity contribution in [3.8, 4) is 0 Å². The van der Waals surface area contributed by atoms with Crippen LogP contribution in [-0.4, -0.2) is 0 Å². The smallest absolute Gasteiger partial charge is 0.0720 e. The largest absolute Gasteiger partial charge is 0.155 e. The zero-order chi connectivity index (χ0) is 9.64. The summed E-state index contributed by atoms with van der Waals surface area (Å²) < 4.78 is 0. The van der Waals surface area contributed by atoms with Crippen molar-refractivity contribution in [3.05, 3.63) is 72.9 Å². The highest BCUT2D eigenvalue weighted by molar-refractivity contribution is 5.25. The van der Waals surface area contributed by atoms with E-state index in [1.165, 1.54) is 0 Å². The highest BCUT2D eigenvalue weighted by atomic mass is 14.0. The van der Waals surface area contributed by atoms with Crippen molar-refractivity contribution in [1.82, 2.24) is 0 Å². The summed E-state index contributed by atoms with van der Waals surface area (Å²) in [5.41, 5.74) is 0. The van der Waals surface area contributed by atoms with Gasteiger partial charge < -0.3 is 0 Å². The second kappa shape index (κ2) is 4.55. The van der Waals surface area contributed by atoms with Crippen LogP contribution in [0, 0.1) is 17.9 Å². The Labute approximate surface area is 85.3 Å². The molecule has 0 N–H and O–H groups in total. The molecule has 0 bridgehead atoms. The highest BCUT2D eigenvalue weighted by Gasteiger charge is 2.04. The van der Waals surface area contributed by atoms with Gasteiger partial charge in [-0.25, -0.2) is 0 Å². The zero-order valence-electron chi connectivity index (χ0n) is 8.01. The molecule has 0 heterocycles. The minimum Gasteiger partial charge on any atom is -0.0720 e. The maximum Gasteiger partial charge on any atom is 0.155 e. The second-order valence-electron chi connectivity index (χ2n) is 3.36. The van der Waals surface area contributed by atoms with E-state index in [0.29, 0.717) is 11.8 Å². The first-order valence-corrected chi connectivity index (χ1v) is 4.91. The molecule has 0 radical (unpaired) electrons. The highest BCUT2D eigenvalue weighted by Crippen LogP contribution is 2.11. The van der Waals surface area contributed by atoms with Crippen LogP contribution in [-0.2, 0) is 0 Å². The summed E-state index contributed by atoms with van der Waals surface area (Å²) in [4.78, 5) is 0. The molecule has 0 saturated carbocycles. The number of rotatable bonds is 3. The van der Waals surface area contributed by atoms with Crippen LogP contribution in [0.15, 0.2) is 66.8 Å². The summed E-state index contributed by atoms with van der Waals surface area (Å²) in [6.07, 6.45) is 26.3. The molecule has 0 atom stereocenters. The Kier molecular flexibility index (Phi) is 2.90. The lowest BCUT2D eigenvalue weighted by Gasteiger charge is -1.88. The van der Waals surface area contributed by atoms with Crippen molar-refractivity contribution in [2.75, 3.05) is 0 Å². The maximum absolute atomic E-state index is 3.27. The summed E-state index contributed by atoms with van der Waals surface area (Å²) in [6, 6.07) is 0. The maximum atomic E-state index is 3.27. The molecule has 0 spiro atoms. The van der Waals surface area contributed by atoms with Crippen molar-refractivity contribution in [1.29, 1.82) is 0 Å². The fraction of sp³-hybridized carbons (Fsp3) is 0.143. The minimum absolute atomic E-state index is 0.370. The standard InChI is InChI=1S/C14H13/c1-2-8-13(7-1)11-5-6-12-14-9-3-4-10-14/h1-11,13-14H/q+1. The van der Waals surface area contributed by atoms with Gasteiger partial charge in [0.15, 0.2) is 6.08 Å². The molecule has 0 saturated heterocycles. The average Bonchev–Trinajstić information content (AvgIpc) is 2.86. The summed E-state index contributed by atoms with van der Waals surface area (Å²) in [5, 5.41) is 0. The molecule has 0 aromatic heterocycles. The van der Waals surface area contributed by atoms with E-state index in [2.05, 4.69) is 66.8 Å². The van der Waals surface area contributed by atoms with E-state index in [4.69, 9.17) is 0 Å². The molecule has 68 valence electrons. The predicted molar refractivity (Wildman–Crippen MR) is 60.5 cm³/mol. The van der Waals surface area contributed by atoms with Crippen LogP contribution in [0.25, 0.3) is 0 Å². The molecule has 0 aliphatic heterocycles. The van der Waals surface area contributed by atoms with Gasteiger partial charge in [0.25, 0.3) is 0 Å². The fourth-order valence-electron chi connectivity index (χ4n) is 1.47. The Hall–Kier alpha value is -1.65. The van der Waals surface area contributed by atoms with Gasteiger partial charge in [0.1, 0.15) is 5.92 Å². The van der Waals surface area contributed by atoms with E-state index in [-0.39, 0.29) is 0 Å².